The third-order valence-electron chi connectivity index (χ3n) is 3.73. The van der Waals surface area contributed by atoms with Gasteiger partial charge in [-0.25, -0.2) is 0 Å². The van der Waals surface area contributed by atoms with Crippen LogP contribution < -0.4 is 5.32 Å². The molecule has 0 spiro atoms. The summed E-state index contributed by atoms with van der Waals surface area (Å²) >= 11 is 0. The monoisotopic (exact) mass is 242 g/mol. The lowest BCUT2D eigenvalue weighted by atomic mass is 9.99. The minimum atomic E-state index is 0.690. The first kappa shape index (κ1) is 14.9. The summed E-state index contributed by atoms with van der Waals surface area (Å²) in [6.45, 7) is 10.8. The largest absolute Gasteiger partial charge is 0.380 e. The number of nitrogens with one attached hydrogen (secondary N) is 1. The average molecular weight is 242 g/mol. The lowest BCUT2D eigenvalue weighted by Gasteiger charge is -2.35. The molecule has 2 atom stereocenters. The molecule has 3 nitrogen and oxygen atoms in total. The van der Waals surface area contributed by atoms with E-state index in [1.54, 1.807) is 0 Å². The van der Waals surface area contributed by atoms with Gasteiger partial charge in [-0.2, -0.15) is 0 Å². The summed E-state index contributed by atoms with van der Waals surface area (Å²) in [5.74, 6) is 0.748. The summed E-state index contributed by atoms with van der Waals surface area (Å²) in [7, 11) is 2.22. The Balaban J connectivity index is 1.96. The van der Waals surface area contributed by atoms with Crippen molar-refractivity contribution in [3.8, 4) is 0 Å². The third kappa shape index (κ3) is 6.39. The Bertz CT molecular complexity index is 197. The highest BCUT2D eigenvalue weighted by Gasteiger charge is 2.21. The van der Waals surface area contributed by atoms with Crippen molar-refractivity contribution in [3.63, 3.8) is 0 Å². The molecule has 1 N–H and O–H groups in total. The maximum absolute atomic E-state index is 5.61. The molecule has 0 aromatic rings. The zero-order valence-electron chi connectivity index (χ0n) is 12.0. The van der Waals surface area contributed by atoms with Gasteiger partial charge >= 0.3 is 0 Å². The molecule has 102 valence electrons. The number of hydrogen-bond acceptors (Lipinski definition) is 3. The van der Waals surface area contributed by atoms with Gasteiger partial charge < -0.3 is 15.0 Å². The molecule has 0 saturated carbocycles. The molecule has 0 aromatic heterocycles. The second-order valence-corrected chi connectivity index (χ2v) is 5.80. The van der Waals surface area contributed by atoms with E-state index in [1.807, 2.05) is 0 Å². The van der Waals surface area contributed by atoms with Crippen LogP contribution in [0.25, 0.3) is 0 Å². The fourth-order valence-corrected chi connectivity index (χ4v) is 2.23. The molecule has 0 amide bonds. The fourth-order valence-electron chi connectivity index (χ4n) is 2.23. The van der Waals surface area contributed by atoms with Crippen LogP contribution in [-0.2, 0) is 4.74 Å². The van der Waals surface area contributed by atoms with Gasteiger partial charge in [0.1, 0.15) is 0 Å². The Kier molecular flexibility index (Phi) is 7.09. The smallest absolute Gasteiger partial charge is 0.0591 e. The molecule has 1 heterocycles. The highest BCUT2D eigenvalue weighted by atomic mass is 16.5. The lowest BCUT2D eigenvalue weighted by molar-refractivity contribution is 0.115. The first-order chi connectivity index (χ1) is 8.09. The van der Waals surface area contributed by atoms with Crippen molar-refractivity contribution in [2.45, 2.75) is 52.1 Å². The van der Waals surface area contributed by atoms with Crippen molar-refractivity contribution in [1.29, 1.82) is 0 Å². The topological polar surface area (TPSA) is 24.5 Å². The minimum Gasteiger partial charge on any atom is -0.380 e. The molecule has 0 bridgehead atoms. The third-order valence-corrected chi connectivity index (χ3v) is 3.73. The first-order valence-corrected chi connectivity index (χ1v) is 7.11. The van der Waals surface area contributed by atoms with Crippen LogP contribution in [0.15, 0.2) is 0 Å². The number of rotatable bonds is 7. The molecule has 1 fully saturated rings. The quantitative estimate of drug-likeness (QED) is 0.692. The molecular weight excluding hydrogens is 212 g/mol. The highest BCUT2D eigenvalue weighted by molar-refractivity contribution is 4.80. The van der Waals surface area contributed by atoms with Crippen LogP contribution in [0.4, 0.5) is 0 Å². The highest BCUT2D eigenvalue weighted by Crippen LogP contribution is 2.14. The summed E-state index contributed by atoms with van der Waals surface area (Å²) in [6.07, 6.45) is 3.71. The number of ether oxygens (including phenoxy) is 1. The fraction of sp³-hybridized carbons (Fsp3) is 1.00. The molecule has 0 radical (unpaired) electrons. The average Bonchev–Trinajstić information content (AvgIpc) is 2.27. The van der Waals surface area contributed by atoms with Crippen molar-refractivity contribution in [1.82, 2.24) is 10.2 Å². The van der Waals surface area contributed by atoms with E-state index in [-0.39, 0.29) is 0 Å². The maximum Gasteiger partial charge on any atom is 0.0591 e. The second kappa shape index (κ2) is 8.06. The van der Waals surface area contributed by atoms with E-state index in [9.17, 15) is 0 Å². The molecule has 2 unspecified atom stereocenters. The number of hydrogen-bond donors (Lipinski definition) is 1. The molecular formula is C14H30N2O. The van der Waals surface area contributed by atoms with Gasteiger partial charge in [-0.1, -0.05) is 13.8 Å². The molecule has 0 aliphatic carbocycles. The second-order valence-electron chi connectivity index (χ2n) is 5.80. The Labute approximate surface area is 107 Å². The Morgan fingerprint density at radius 3 is 2.76 bits per heavy atom. The van der Waals surface area contributed by atoms with Crippen LogP contribution >= 0.6 is 0 Å². The first-order valence-electron chi connectivity index (χ1n) is 7.11. The number of likely N-dealkylation sites (tertiary alicyclic amines) is 1. The zero-order valence-corrected chi connectivity index (χ0v) is 12.0. The molecule has 1 aliphatic rings. The Morgan fingerprint density at radius 2 is 2.12 bits per heavy atom. The van der Waals surface area contributed by atoms with Crippen LogP contribution in [-0.4, -0.2) is 50.3 Å². The lowest BCUT2D eigenvalue weighted by Crippen LogP contribution is -2.46. The van der Waals surface area contributed by atoms with Crippen LogP contribution in [0.2, 0.25) is 0 Å². The van der Waals surface area contributed by atoms with Crippen LogP contribution in [0.5, 0.6) is 0 Å². The van der Waals surface area contributed by atoms with Gasteiger partial charge in [0.15, 0.2) is 0 Å². The maximum atomic E-state index is 5.61. The molecule has 3 heteroatoms. The molecule has 17 heavy (non-hydrogen) atoms. The van der Waals surface area contributed by atoms with Crippen LogP contribution in [0.3, 0.4) is 0 Å². The van der Waals surface area contributed by atoms with Crippen LogP contribution in [0, 0.1) is 5.92 Å². The van der Waals surface area contributed by atoms with Crippen molar-refractivity contribution in [2.24, 2.45) is 5.92 Å². The molecule has 1 saturated heterocycles. The Morgan fingerprint density at radius 1 is 1.35 bits per heavy atom. The van der Waals surface area contributed by atoms with Gasteiger partial charge in [0, 0.05) is 25.2 Å². The number of piperidine rings is 1. The van der Waals surface area contributed by atoms with Gasteiger partial charge in [-0.3, -0.25) is 0 Å². The molecule has 0 aromatic carbocycles. The summed E-state index contributed by atoms with van der Waals surface area (Å²) < 4.78 is 5.61. The van der Waals surface area contributed by atoms with Gasteiger partial charge in [-0.15, -0.1) is 0 Å². The van der Waals surface area contributed by atoms with Crippen LogP contribution in [0.1, 0.15) is 40.0 Å². The summed E-state index contributed by atoms with van der Waals surface area (Å²) in [4.78, 5) is 2.44. The van der Waals surface area contributed by atoms with Crippen molar-refractivity contribution in [2.75, 3.05) is 33.4 Å². The van der Waals surface area contributed by atoms with E-state index < -0.39 is 0 Å². The van der Waals surface area contributed by atoms with Gasteiger partial charge in [-0.05, 0) is 45.7 Å². The summed E-state index contributed by atoms with van der Waals surface area (Å²) in [5, 5.41) is 3.61. The standard InChI is InChI=1S/C14H30N2O/c1-12(2)6-9-17-10-7-15-14-5-8-16(4)13(3)11-14/h12-15H,5-11H2,1-4H3. The van der Waals surface area contributed by atoms with E-state index >= 15 is 0 Å². The van der Waals surface area contributed by atoms with Crippen molar-refractivity contribution >= 4 is 0 Å². The van der Waals surface area contributed by atoms with Crippen molar-refractivity contribution < 1.29 is 4.74 Å². The van der Waals surface area contributed by atoms with Gasteiger partial charge in [0.25, 0.3) is 0 Å². The molecule has 1 aliphatic heterocycles. The van der Waals surface area contributed by atoms with E-state index in [2.05, 4.69) is 38.0 Å². The SMILES string of the molecule is CC(C)CCOCCNC1CCN(C)C(C)C1. The Hall–Kier alpha value is -0.120. The van der Waals surface area contributed by atoms with E-state index in [0.29, 0.717) is 12.1 Å². The zero-order chi connectivity index (χ0) is 12.7. The summed E-state index contributed by atoms with van der Waals surface area (Å²) in [6, 6.07) is 1.40. The van der Waals surface area contributed by atoms with Gasteiger partial charge in [0.2, 0.25) is 0 Å². The minimum absolute atomic E-state index is 0.690. The summed E-state index contributed by atoms with van der Waals surface area (Å²) in [5.41, 5.74) is 0. The molecule has 1 rings (SSSR count). The van der Waals surface area contributed by atoms with Gasteiger partial charge in [0.05, 0.1) is 6.61 Å². The predicted octanol–water partition coefficient (Wildman–Crippen LogP) is 2.12. The van der Waals surface area contributed by atoms with E-state index in [0.717, 1.165) is 25.7 Å². The predicted molar refractivity (Wildman–Crippen MR) is 73.4 cm³/mol. The van der Waals surface area contributed by atoms with E-state index in [1.165, 1.54) is 25.8 Å². The normalized spacial score (nSPS) is 26.6. The number of nitrogens with zero attached hydrogens (tertiary/aromatic N) is 1. The van der Waals surface area contributed by atoms with Crippen molar-refractivity contribution in [3.05, 3.63) is 0 Å². The van der Waals surface area contributed by atoms with E-state index in [4.69, 9.17) is 4.74 Å².